The maximum absolute atomic E-state index is 13.4. The number of carbonyl (C=O) groups excluding carboxylic acids is 1. The standard InChI is InChI=1S/C28H27ClN6O2/c29-21-8-9-25-20(17-21)10-16-34(25)27(36)24-18-23(7-4-13-30-24)33-14-11-22(12-15-33)35-28(37)31-26(32-35)19-5-2-1-3-6-19/h1-3,5-9,13,17-18,22H,4,10-12,14-16H2,(H,31,32,37). The number of rotatable bonds is 4. The summed E-state index contributed by atoms with van der Waals surface area (Å²) in [6.07, 6.45) is 8.81. The van der Waals surface area contributed by atoms with E-state index in [2.05, 4.69) is 26.1 Å². The first-order valence-corrected chi connectivity index (χ1v) is 13.0. The van der Waals surface area contributed by atoms with Crippen LogP contribution in [0.2, 0.25) is 5.02 Å². The van der Waals surface area contributed by atoms with E-state index in [1.807, 2.05) is 54.6 Å². The highest BCUT2D eigenvalue weighted by molar-refractivity contribution is 6.30. The van der Waals surface area contributed by atoms with Gasteiger partial charge >= 0.3 is 5.69 Å². The van der Waals surface area contributed by atoms with Gasteiger partial charge in [0.1, 0.15) is 5.70 Å². The molecule has 3 aromatic rings. The number of amides is 1. The second kappa shape index (κ2) is 9.86. The lowest BCUT2D eigenvalue weighted by atomic mass is 10.0. The SMILES string of the molecule is O=C(C1=CC(N2CCC(n3nc(-c4ccccc4)[nH]c3=O)CC2)=CCC=N1)N1CCc2cc(Cl)ccc21. The zero-order valence-electron chi connectivity index (χ0n) is 20.3. The fourth-order valence-electron chi connectivity index (χ4n) is 5.30. The van der Waals surface area contributed by atoms with Crippen LogP contribution in [0.5, 0.6) is 0 Å². The third-order valence-corrected chi connectivity index (χ3v) is 7.45. The Morgan fingerprint density at radius 1 is 1.05 bits per heavy atom. The van der Waals surface area contributed by atoms with Gasteiger partial charge in [-0.25, -0.2) is 9.48 Å². The number of aromatic amines is 1. The van der Waals surface area contributed by atoms with Crippen LogP contribution in [0.15, 0.2) is 81.9 Å². The van der Waals surface area contributed by atoms with Gasteiger partial charge in [0.2, 0.25) is 0 Å². The molecule has 1 fully saturated rings. The van der Waals surface area contributed by atoms with E-state index in [1.165, 1.54) is 0 Å². The fourth-order valence-corrected chi connectivity index (χ4v) is 5.49. The van der Waals surface area contributed by atoms with Crippen LogP contribution in [-0.2, 0) is 11.2 Å². The van der Waals surface area contributed by atoms with Crippen molar-refractivity contribution in [3.63, 3.8) is 0 Å². The van der Waals surface area contributed by atoms with Crippen LogP contribution in [-0.4, -0.2) is 51.4 Å². The fraction of sp³-hybridized carbons (Fsp3) is 0.286. The third-order valence-electron chi connectivity index (χ3n) is 7.21. The molecule has 0 atom stereocenters. The molecule has 0 saturated carbocycles. The minimum atomic E-state index is -0.181. The summed E-state index contributed by atoms with van der Waals surface area (Å²) < 4.78 is 1.59. The number of hydrogen-bond acceptors (Lipinski definition) is 5. The molecule has 8 nitrogen and oxygen atoms in total. The summed E-state index contributed by atoms with van der Waals surface area (Å²) in [5, 5.41) is 5.27. The molecule has 1 N–H and O–H groups in total. The summed E-state index contributed by atoms with van der Waals surface area (Å²) >= 11 is 6.14. The highest BCUT2D eigenvalue weighted by Gasteiger charge is 2.29. The van der Waals surface area contributed by atoms with Crippen molar-refractivity contribution in [2.75, 3.05) is 24.5 Å². The van der Waals surface area contributed by atoms with Crippen molar-refractivity contribution in [3.05, 3.63) is 93.1 Å². The molecule has 3 aliphatic rings. The van der Waals surface area contributed by atoms with Crippen molar-refractivity contribution < 1.29 is 4.79 Å². The molecule has 1 amide bonds. The molecule has 37 heavy (non-hydrogen) atoms. The molecule has 0 bridgehead atoms. The lowest BCUT2D eigenvalue weighted by Crippen LogP contribution is -2.37. The van der Waals surface area contributed by atoms with Gasteiger partial charge < -0.3 is 9.80 Å². The van der Waals surface area contributed by atoms with Crippen LogP contribution in [0.25, 0.3) is 11.4 Å². The molecule has 6 rings (SSSR count). The number of halogens is 1. The average molecular weight is 515 g/mol. The molecular formula is C28H27ClN6O2. The van der Waals surface area contributed by atoms with Crippen LogP contribution >= 0.6 is 11.6 Å². The number of anilines is 1. The first-order chi connectivity index (χ1) is 18.1. The average Bonchev–Trinajstić information content (AvgIpc) is 3.43. The molecule has 1 saturated heterocycles. The molecule has 188 valence electrons. The van der Waals surface area contributed by atoms with Gasteiger partial charge in [-0.05, 0) is 49.1 Å². The van der Waals surface area contributed by atoms with Crippen molar-refractivity contribution in [2.24, 2.45) is 4.99 Å². The highest BCUT2D eigenvalue weighted by Crippen LogP contribution is 2.32. The number of fused-ring (bicyclic) bond motifs is 1. The summed E-state index contributed by atoms with van der Waals surface area (Å²) in [6.45, 7) is 2.15. The Balaban J connectivity index is 1.16. The maximum atomic E-state index is 13.4. The third kappa shape index (κ3) is 4.64. The molecule has 0 aliphatic carbocycles. The summed E-state index contributed by atoms with van der Waals surface area (Å²) in [5.74, 6) is 0.491. The highest BCUT2D eigenvalue weighted by atomic mass is 35.5. The van der Waals surface area contributed by atoms with Gasteiger partial charge in [-0.1, -0.05) is 48.0 Å². The van der Waals surface area contributed by atoms with Crippen molar-refractivity contribution in [2.45, 2.75) is 31.7 Å². The first kappa shape index (κ1) is 23.5. The molecule has 2 aromatic carbocycles. The molecule has 0 unspecified atom stereocenters. The van der Waals surface area contributed by atoms with Crippen LogP contribution in [0.4, 0.5) is 5.69 Å². The van der Waals surface area contributed by atoms with Crippen LogP contribution in [0, 0.1) is 0 Å². The largest absolute Gasteiger partial charge is 0.372 e. The summed E-state index contributed by atoms with van der Waals surface area (Å²) in [4.78, 5) is 37.5. The number of H-pyrrole nitrogens is 1. The summed E-state index contributed by atoms with van der Waals surface area (Å²) in [5.41, 5.74) is 4.13. The number of hydrogen-bond donors (Lipinski definition) is 1. The Kier molecular flexibility index (Phi) is 6.26. The van der Waals surface area contributed by atoms with E-state index in [0.29, 0.717) is 29.5 Å². The Morgan fingerprint density at radius 3 is 2.68 bits per heavy atom. The maximum Gasteiger partial charge on any atom is 0.343 e. The van der Waals surface area contributed by atoms with E-state index < -0.39 is 0 Å². The van der Waals surface area contributed by atoms with Crippen LogP contribution in [0.3, 0.4) is 0 Å². The van der Waals surface area contributed by atoms with E-state index in [1.54, 1.807) is 15.8 Å². The Bertz CT molecular complexity index is 1480. The lowest BCUT2D eigenvalue weighted by Gasteiger charge is -2.34. The zero-order chi connectivity index (χ0) is 25.4. The minimum Gasteiger partial charge on any atom is -0.372 e. The second-order valence-electron chi connectivity index (χ2n) is 9.49. The number of carbonyl (C=O) groups is 1. The van der Waals surface area contributed by atoms with E-state index in [4.69, 9.17) is 11.6 Å². The monoisotopic (exact) mass is 514 g/mol. The number of aliphatic imine (C=N–C) groups is 1. The molecule has 0 radical (unpaired) electrons. The lowest BCUT2D eigenvalue weighted by molar-refractivity contribution is -0.115. The van der Waals surface area contributed by atoms with Crippen LogP contribution < -0.4 is 10.6 Å². The first-order valence-electron chi connectivity index (χ1n) is 12.6. The van der Waals surface area contributed by atoms with Crippen molar-refractivity contribution in [3.8, 4) is 11.4 Å². The Hall–Kier alpha value is -3.91. The van der Waals surface area contributed by atoms with Gasteiger partial charge in [0, 0.05) is 54.2 Å². The van der Waals surface area contributed by atoms with Gasteiger partial charge in [-0.2, -0.15) is 0 Å². The second-order valence-corrected chi connectivity index (χ2v) is 9.93. The number of piperidine rings is 1. The minimum absolute atomic E-state index is 0.0260. The van der Waals surface area contributed by atoms with E-state index in [0.717, 1.165) is 54.9 Å². The quantitative estimate of drug-likeness (QED) is 0.560. The number of nitrogens with zero attached hydrogens (tertiary/aromatic N) is 5. The van der Waals surface area contributed by atoms with Gasteiger partial charge in [0.05, 0.1) is 6.04 Å². The molecule has 3 aliphatic heterocycles. The van der Waals surface area contributed by atoms with Gasteiger partial charge in [0.15, 0.2) is 5.82 Å². The zero-order valence-corrected chi connectivity index (χ0v) is 21.1. The summed E-state index contributed by atoms with van der Waals surface area (Å²) in [6, 6.07) is 15.4. The van der Waals surface area contributed by atoms with Crippen molar-refractivity contribution >= 4 is 29.4 Å². The molecule has 9 heteroatoms. The van der Waals surface area contributed by atoms with Crippen molar-refractivity contribution in [1.29, 1.82) is 0 Å². The number of allylic oxidation sites excluding steroid dienone is 2. The molecule has 0 spiro atoms. The molecular weight excluding hydrogens is 488 g/mol. The summed E-state index contributed by atoms with van der Waals surface area (Å²) in [7, 11) is 0. The number of benzene rings is 2. The molecule has 1 aromatic heterocycles. The smallest absolute Gasteiger partial charge is 0.343 e. The van der Waals surface area contributed by atoms with E-state index in [9.17, 15) is 9.59 Å². The number of aromatic nitrogens is 3. The van der Waals surface area contributed by atoms with E-state index in [-0.39, 0.29) is 17.6 Å². The van der Waals surface area contributed by atoms with Crippen molar-refractivity contribution in [1.82, 2.24) is 19.7 Å². The van der Waals surface area contributed by atoms with Crippen LogP contribution in [0.1, 0.15) is 30.9 Å². The number of nitrogens with one attached hydrogen (secondary N) is 1. The Labute approximate surface area is 219 Å². The number of likely N-dealkylation sites (tertiary alicyclic amines) is 1. The van der Waals surface area contributed by atoms with Gasteiger partial charge in [-0.15, -0.1) is 5.10 Å². The van der Waals surface area contributed by atoms with Gasteiger partial charge in [-0.3, -0.25) is 14.8 Å². The van der Waals surface area contributed by atoms with Gasteiger partial charge in [0.25, 0.3) is 5.91 Å². The normalized spacial score (nSPS) is 17.9. The Morgan fingerprint density at radius 2 is 1.86 bits per heavy atom. The van der Waals surface area contributed by atoms with E-state index >= 15 is 0 Å². The predicted molar refractivity (Wildman–Crippen MR) is 145 cm³/mol. The topological polar surface area (TPSA) is 86.6 Å². The predicted octanol–water partition coefficient (Wildman–Crippen LogP) is 4.36. The molecule has 4 heterocycles.